The molecule has 0 aliphatic carbocycles. The largest absolute Gasteiger partial charge is 0.481 e. The number of nitrogens with two attached hydrogens (primary N) is 3. The van der Waals surface area contributed by atoms with Gasteiger partial charge in [-0.2, -0.15) is 0 Å². The van der Waals surface area contributed by atoms with Crippen molar-refractivity contribution in [3.8, 4) is 17.7 Å². The summed E-state index contributed by atoms with van der Waals surface area (Å²) < 4.78 is 5.19. The number of ether oxygens (including phenoxy) is 1. The van der Waals surface area contributed by atoms with Crippen molar-refractivity contribution in [1.82, 2.24) is 9.97 Å². The minimum atomic E-state index is 0.146. The Labute approximate surface area is 175 Å². The first-order valence-corrected chi connectivity index (χ1v) is 9.06. The molecule has 0 aliphatic heterocycles. The summed E-state index contributed by atoms with van der Waals surface area (Å²) in [6.07, 6.45) is 1.60. The Morgan fingerprint density at radius 1 is 1.13 bits per heavy atom. The van der Waals surface area contributed by atoms with Crippen molar-refractivity contribution in [2.24, 2.45) is 16.5 Å². The number of anilines is 1. The van der Waals surface area contributed by atoms with Crippen LogP contribution in [0, 0.1) is 11.8 Å². The Bertz CT molecular complexity index is 1230. The van der Waals surface area contributed by atoms with Crippen LogP contribution in [0.1, 0.15) is 18.1 Å². The highest BCUT2D eigenvalue weighted by Crippen LogP contribution is 2.21. The summed E-state index contributed by atoms with van der Waals surface area (Å²) in [5.74, 6) is 7.24. The maximum absolute atomic E-state index is 6.15. The number of methoxy groups -OCH3 is 1. The summed E-state index contributed by atoms with van der Waals surface area (Å²) in [6, 6.07) is 12.9. The van der Waals surface area contributed by atoms with Gasteiger partial charge in [-0.3, -0.25) is 0 Å². The molecule has 0 amide bonds. The van der Waals surface area contributed by atoms with E-state index in [4.69, 9.17) is 21.9 Å². The molecule has 30 heavy (non-hydrogen) atoms. The van der Waals surface area contributed by atoms with Crippen LogP contribution in [-0.2, 0) is 0 Å². The number of aromatic nitrogens is 2. The van der Waals surface area contributed by atoms with E-state index in [2.05, 4.69) is 33.4 Å². The number of pyridine rings is 2. The molecular formula is C23H22N6O. The molecule has 0 spiro atoms. The highest BCUT2D eigenvalue weighted by atomic mass is 16.5. The predicted molar refractivity (Wildman–Crippen MR) is 121 cm³/mol. The molecule has 0 aliphatic rings. The van der Waals surface area contributed by atoms with Crippen LogP contribution < -0.4 is 21.9 Å². The molecule has 3 rings (SSSR count). The van der Waals surface area contributed by atoms with E-state index in [0.717, 1.165) is 16.5 Å². The van der Waals surface area contributed by atoms with Crippen LogP contribution in [0.4, 0.5) is 5.82 Å². The van der Waals surface area contributed by atoms with E-state index >= 15 is 0 Å². The summed E-state index contributed by atoms with van der Waals surface area (Å²) in [4.78, 5) is 12.9. The molecule has 150 valence electrons. The number of aliphatic imine (C=N–C) groups is 1. The average molecular weight is 398 g/mol. The third kappa shape index (κ3) is 4.75. The fourth-order valence-corrected chi connectivity index (χ4v) is 2.73. The van der Waals surface area contributed by atoms with Gasteiger partial charge in [-0.05, 0) is 37.3 Å². The second-order valence-electron chi connectivity index (χ2n) is 6.49. The van der Waals surface area contributed by atoms with E-state index in [9.17, 15) is 0 Å². The van der Waals surface area contributed by atoms with Gasteiger partial charge in [-0.1, -0.05) is 24.5 Å². The van der Waals surface area contributed by atoms with Gasteiger partial charge in [-0.15, -0.1) is 0 Å². The monoisotopic (exact) mass is 398 g/mol. The molecule has 6 N–H and O–H groups in total. The summed E-state index contributed by atoms with van der Waals surface area (Å²) >= 11 is 0. The normalized spacial score (nSPS) is 12.0. The van der Waals surface area contributed by atoms with Gasteiger partial charge in [0.15, 0.2) is 0 Å². The Morgan fingerprint density at radius 3 is 2.57 bits per heavy atom. The van der Waals surface area contributed by atoms with Crippen molar-refractivity contribution >= 4 is 22.4 Å². The van der Waals surface area contributed by atoms with Gasteiger partial charge in [0.1, 0.15) is 11.6 Å². The molecule has 0 radical (unpaired) electrons. The second-order valence-corrected chi connectivity index (χ2v) is 6.49. The molecule has 0 saturated heterocycles. The van der Waals surface area contributed by atoms with Crippen LogP contribution in [-0.4, -0.2) is 22.8 Å². The topological polar surface area (TPSA) is 125 Å². The minimum absolute atomic E-state index is 0.146. The van der Waals surface area contributed by atoms with E-state index < -0.39 is 0 Å². The third-order valence-electron chi connectivity index (χ3n) is 4.15. The van der Waals surface area contributed by atoms with Crippen molar-refractivity contribution in [2.75, 3.05) is 12.8 Å². The fraction of sp³-hybridized carbons (Fsp3) is 0.0870. The SMILES string of the molecule is C=C(N)N=C(/C(C#Cc1ccc(N)nc1)=C(/C)N)c1ccc2nc(OC)ccc2c1. The molecule has 2 aromatic heterocycles. The van der Waals surface area contributed by atoms with Crippen LogP contribution in [0.2, 0.25) is 0 Å². The summed E-state index contributed by atoms with van der Waals surface area (Å²) in [5.41, 5.74) is 21.4. The van der Waals surface area contributed by atoms with Gasteiger partial charge in [0.2, 0.25) is 5.88 Å². The van der Waals surface area contributed by atoms with Crippen LogP contribution in [0.3, 0.4) is 0 Å². The number of nitrogens with zero attached hydrogens (tertiary/aromatic N) is 3. The van der Waals surface area contributed by atoms with Crippen LogP contribution in [0.5, 0.6) is 5.88 Å². The fourth-order valence-electron chi connectivity index (χ4n) is 2.73. The number of hydrogen-bond acceptors (Lipinski definition) is 7. The summed E-state index contributed by atoms with van der Waals surface area (Å²) in [6.45, 7) is 5.46. The first kappa shape index (κ1) is 20.4. The first-order valence-electron chi connectivity index (χ1n) is 9.06. The van der Waals surface area contributed by atoms with Crippen molar-refractivity contribution in [3.05, 3.63) is 83.5 Å². The zero-order valence-corrected chi connectivity index (χ0v) is 16.8. The molecule has 7 nitrogen and oxygen atoms in total. The van der Waals surface area contributed by atoms with Crippen molar-refractivity contribution in [2.45, 2.75) is 6.92 Å². The first-order chi connectivity index (χ1) is 14.4. The number of rotatable bonds is 4. The Balaban J connectivity index is 2.10. The lowest BCUT2D eigenvalue weighted by molar-refractivity contribution is 0.399. The predicted octanol–water partition coefficient (Wildman–Crippen LogP) is 2.72. The zero-order chi connectivity index (χ0) is 21.7. The van der Waals surface area contributed by atoms with Crippen LogP contribution >= 0.6 is 0 Å². The smallest absolute Gasteiger partial charge is 0.213 e. The molecule has 0 bridgehead atoms. The molecule has 0 saturated carbocycles. The molecule has 7 heteroatoms. The molecule has 1 aromatic carbocycles. The van der Waals surface area contributed by atoms with E-state index in [1.54, 1.807) is 38.4 Å². The van der Waals surface area contributed by atoms with Gasteiger partial charge in [0.05, 0.1) is 23.9 Å². The Morgan fingerprint density at radius 2 is 1.93 bits per heavy atom. The summed E-state index contributed by atoms with van der Waals surface area (Å²) in [5, 5.41) is 0.911. The van der Waals surface area contributed by atoms with Crippen LogP contribution in [0.25, 0.3) is 10.9 Å². The highest BCUT2D eigenvalue weighted by molar-refractivity contribution is 6.17. The van der Waals surface area contributed by atoms with Crippen molar-refractivity contribution in [1.29, 1.82) is 0 Å². The lowest BCUT2D eigenvalue weighted by Gasteiger charge is -2.10. The van der Waals surface area contributed by atoms with E-state index in [-0.39, 0.29) is 5.82 Å². The molecule has 0 fully saturated rings. The van der Waals surface area contributed by atoms with Gasteiger partial charge in [-0.25, -0.2) is 15.0 Å². The van der Waals surface area contributed by atoms with Crippen molar-refractivity contribution < 1.29 is 4.74 Å². The maximum Gasteiger partial charge on any atom is 0.213 e. The third-order valence-corrected chi connectivity index (χ3v) is 4.15. The lowest BCUT2D eigenvalue weighted by atomic mass is 9.99. The number of fused-ring (bicyclic) bond motifs is 1. The lowest BCUT2D eigenvalue weighted by Crippen LogP contribution is -2.12. The maximum atomic E-state index is 6.15. The summed E-state index contributed by atoms with van der Waals surface area (Å²) in [7, 11) is 1.58. The van der Waals surface area contributed by atoms with E-state index in [0.29, 0.717) is 34.2 Å². The zero-order valence-electron chi connectivity index (χ0n) is 16.8. The van der Waals surface area contributed by atoms with E-state index in [1.165, 1.54) is 0 Å². The highest BCUT2D eigenvalue weighted by Gasteiger charge is 2.13. The Hall–Kier alpha value is -4.31. The Kier molecular flexibility index (Phi) is 5.99. The molecule has 3 aromatic rings. The van der Waals surface area contributed by atoms with Gasteiger partial charge < -0.3 is 21.9 Å². The number of nitrogen functional groups attached to an aromatic ring is 1. The standard InChI is InChI=1S/C23H22N6O/c1-14(24)19(8-4-16-5-10-21(26)27-13-16)23(28-15(2)25)18-6-9-20-17(12-18)7-11-22(29-20)30-3/h5-7,9-13H,2,24-25H2,1,3H3,(H2,26,27)/b19-14-,28-23?. The molecule has 0 atom stereocenters. The molecular weight excluding hydrogens is 376 g/mol. The number of hydrogen-bond donors (Lipinski definition) is 3. The van der Waals surface area contributed by atoms with E-state index in [1.807, 2.05) is 24.3 Å². The minimum Gasteiger partial charge on any atom is -0.481 e. The van der Waals surface area contributed by atoms with Crippen molar-refractivity contribution in [3.63, 3.8) is 0 Å². The number of allylic oxidation sites excluding steroid dienone is 2. The van der Waals surface area contributed by atoms with Gasteiger partial charge in [0, 0.05) is 34.5 Å². The van der Waals surface area contributed by atoms with Gasteiger partial charge >= 0.3 is 0 Å². The quantitative estimate of drug-likeness (QED) is 0.458. The van der Waals surface area contributed by atoms with Crippen LogP contribution in [0.15, 0.2) is 77.3 Å². The molecule has 0 unspecified atom stereocenters. The molecule has 2 heterocycles. The number of benzene rings is 1. The van der Waals surface area contributed by atoms with Gasteiger partial charge in [0.25, 0.3) is 0 Å². The average Bonchev–Trinajstić information content (AvgIpc) is 2.73. The second kappa shape index (κ2) is 8.80.